The van der Waals surface area contributed by atoms with Crippen molar-refractivity contribution in [1.82, 2.24) is 0 Å². The van der Waals surface area contributed by atoms with Crippen LogP contribution in [-0.4, -0.2) is 145 Å². The van der Waals surface area contributed by atoms with Crippen LogP contribution in [-0.2, 0) is 23.7 Å². The van der Waals surface area contributed by atoms with Crippen LogP contribution in [0.25, 0.3) is 0 Å². The fraction of sp³-hybridized carbons (Fsp3) is 0.923. The quantitative estimate of drug-likeness (QED) is 0.128. The van der Waals surface area contributed by atoms with Gasteiger partial charge in [0.2, 0.25) is 0 Å². The summed E-state index contributed by atoms with van der Waals surface area (Å²) in [6.07, 6.45) is -8.70. The van der Waals surface area contributed by atoms with Crippen molar-refractivity contribution in [1.29, 1.82) is 0 Å². The molecule has 5 fully saturated rings. The summed E-state index contributed by atoms with van der Waals surface area (Å²) in [7, 11) is 0. The third-order valence-electron chi connectivity index (χ3n) is 14.6. The van der Waals surface area contributed by atoms with Crippen LogP contribution in [0, 0.1) is 46.3 Å². The van der Waals surface area contributed by atoms with Crippen molar-refractivity contribution < 1.29 is 69.7 Å². The van der Waals surface area contributed by atoms with E-state index in [-0.39, 0.29) is 41.0 Å². The van der Waals surface area contributed by atoms with Gasteiger partial charge in [-0.15, -0.1) is 0 Å². The largest absolute Gasteiger partial charge is 0.394 e. The summed E-state index contributed by atoms with van der Waals surface area (Å²) in [6, 6.07) is 0. The molecule has 14 nitrogen and oxygen atoms in total. The molecule has 0 amide bonds. The molecule has 4 aliphatic carbocycles. The van der Waals surface area contributed by atoms with Crippen molar-refractivity contribution in [3.05, 3.63) is 11.6 Å². The fourth-order valence-electron chi connectivity index (χ4n) is 11.3. The highest BCUT2D eigenvalue weighted by molar-refractivity contribution is 5.87. The number of carbonyl (C=O) groups excluding carboxylic acids is 1. The van der Waals surface area contributed by atoms with Crippen molar-refractivity contribution >= 4 is 5.78 Å². The molecular weight excluding hydrogens is 692 g/mol. The highest BCUT2D eigenvalue weighted by Gasteiger charge is 2.67. The number of ether oxygens (including phenoxy) is 4. The Balaban J connectivity index is 1.25. The fourth-order valence-corrected chi connectivity index (χ4v) is 11.3. The molecule has 20 atom stereocenters. The molecule has 0 aromatic heterocycles. The number of hydrogen-bond donors (Lipinski definition) is 9. The Kier molecular flexibility index (Phi) is 12.6. The normalized spacial score (nSPS) is 49.9. The zero-order chi connectivity index (χ0) is 38.7. The molecule has 2 heterocycles. The molecule has 0 bridgehead atoms. The maximum absolute atomic E-state index is 14.8. The lowest BCUT2D eigenvalue weighted by molar-refractivity contribution is -0.315. The number of rotatable bonds is 11. The van der Waals surface area contributed by atoms with Gasteiger partial charge in [-0.25, -0.2) is 0 Å². The lowest BCUT2D eigenvalue weighted by atomic mass is 9.46. The summed E-state index contributed by atoms with van der Waals surface area (Å²) in [4.78, 5) is 14.8. The number of Topliss-reactive ketones (excluding diaryl/α,β-unsaturated/α-hetero) is 1. The second kappa shape index (κ2) is 16.0. The minimum Gasteiger partial charge on any atom is -0.394 e. The molecule has 0 spiro atoms. The number of aliphatic hydroxyl groups excluding tert-OH is 9. The third-order valence-corrected chi connectivity index (χ3v) is 14.6. The summed E-state index contributed by atoms with van der Waals surface area (Å²) in [5.74, 6) is -0.279. The van der Waals surface area contributed by atoms with Crippen LogP contribution in [0.4, 0.5) is 0 Å². The van der Waals surface area contributed by atoms with E-state index in [0.29, 0.717) is 50.9 Å². The van der Waals surface area contributed by atoms with Crippen LogP contribution >= 0.6 is 0 Å². The van der Waals surface area contributed by atoms with Crippen LogP contribution in [0.3, 0.4) is 0 Å². The van der Waals surface area contributed by atoms with E-state index in [2.05, 4.69) is 26.8 Å². The highest BCUT2D eigenvalue weighted by atomic mass is 16.7. The summed E-state index contributed by atoms with van der Waals surface area (Å²) in [6.45, 7) is 9.25. The van der Waals surface area contributed by atoms with Gasteiger partial charge in [0, 0.05) is 17.8 Å². The van der Waals surface area contributed by atoms with E-state index in [4.69, 9.17) is 18.9 Å². The molecular formula is C39H64O14. The molecule has 304 valence electrons. The first kappa shape index (κ1) is 41.5. The van der Waals surface area contributed by atoms with E-state index in [1.54, 1.807) is 0 Å². The minimum atomic E-state index is -1.61. The maximum Gasteiger partial charge on any atom is 0.186 e. The Morgan fingerprint density at radius 2 is 1.40 bits per heavy atom. The monoisotopic (exact) mass is 756 g/mol. The molecule has 6 aliphatic rings. The molecule has 53 heavy (non-hydrogen) atoms. The lowest BCUT2D eigenvalue weighted by Gasteiger charge is -2.57. The maximum atomic E-state index is 14.8. The van der Waals surface area contributed by atoms with Crippen LogP contribution in [0.5, 0.6) is 0 Å². The third kappa shape index (κ3) is 7.32. The molecule has 0 aromatic carbocycles. The Hall–Kier alpha value is -1.11. The van der Waals surface area contributed by atoms with E-state index in [1.807, 2.05) is 13.8 Å². The van der Waals surface area contributed by atoms with Crippen molar-refractivity contribution in [2.75, 3.05) is 13.2 Å². The molecule has 6 rings (SSSR count). The molecule has 2 aliphatic heterocycles. The van der Waals surface area contributed by atoms with Gasteiger partial charge in [0.25, 0.3) is 0 Å². The predicted molar refractivity (Wildman–Crippen MR) is 187 cm³/mol. The Labute approximate surface area is 312 Å². The van der Waals surface area contributed by atoms with Crippen LogP contribution in [0.2, 0.25) is 0 Å². The molecule has 2 saturated heterocycles. The van der Waals surface area contributed by atoms with Gasteiger partial charge in [0.1, 0.15) is 54.6 Å². The second-order valence-corrected chi connectivity index (χ2v) is 17.9. The second-order valence-electron chi connectivity index (χ2n) is 17.9. The van der Waals surface area contributed by atoms with Gasteiger partial charge in [-0.05, 0) is 80.0 Å². The van der Waals surface area contributed by atoms with E-state index in [9.17, 15) is 50.8 Å². The SMILES string of the molecule is CC(C)CCC(O)C(C)C1C(OC2OC(CO)C(O)C(O)C2O)CC2C3CC=C4CC(OC5OC(CO)C(O)C(O)C5O)CCC4(C)C3CC(=O)C21C. The molecule has 14 heteroatoms. The molecule has 9 N–H and O–H groups in total. The molecule has 0 aromatic rings. The topological polar surface area (TPSA) is 236 Å². The van der Waals surface area contributed by atoms with Gasteiger partial charge in [-0.3, -0.25) is 4.79 Å². The summed E-state index contributed by atoms with van der Waals surface area (Å²) >= 11 is 0. The van der Waals surface area contributed by atoms with Gasteiger partial charge in [-0.1, -0.05) is 46.3 Å². The number of carbonyl (C=O) groups is 1. The van der Waals surface area contributed by atoms with E-state index in [1.165, 1.54) is 0 Å². The highest BCUT2D eigenvalue weighted by Crippen LogP contribution is 2.67. The number of fused-ring (bicyclic) bond motifs is 5. The van der Waals surface area contributed by atoms with Gasteiger partial charge in [0.15, 0.2) is 12.6 Å². The predicted octanol–water partition coefficient (Wildman–Crippen LogP) is 0.158. The first-order valence-corrected chi connectivity index (χ1v) is 19.8. The van der Waals surface area contributed by atoms with Crippen molar-refractivity contribution in [2.24, 2.45) is 46.3 Å². The van der Waals surface area contributed by atoms with E-state index >= 15 is 0 Å². The summed E-state index contributed by atoms with van der Waals surface area (Å²) in [5.41, 5.74) is -0.0100. The minimum absolute atomic E-state index is 0.0223. The summed E-state index contributed by atoms with van der Waals surface area (Å²) in [5, 5.41) is 94.0. The summed E-state index contributed by atoms with van der Waals surface area (Å²) < 4.78 is 24.1. The van der Waals surface area contributed by atoms with Crippen molar-refractivity contribution in [3.8, 4) is 0 Å². The van der Waals surface area contributed by atoms with E-state index in [0.717, 1.165) is 12.0 Å². The van der Waals surface area contributed by atoms with Gasteiger partial charge >= 0.3 is 0 Å². The lowest BCUT2D eigenvalue weighted by Crippen LogP contribution is -2.60. The standard InChI is InChI=1S/C39H64O14/c1-17(2)6-9-24(42)18(3)29-25(51-37-35(49)33(47)31(45)27(16-41)53-37)13-23-21-8-7-19-12-20(50-36-34(48)32(46)30(44)26(15-40)52-36)10-11-38(19,4)22(21)14-28(43)39(23,29)5/h7,17-18,20-27,29-37,40-42,44-49H,6,8-16H2,1-5H3. The number of hydrogen-bond acceptors (Lipinski definition) is 14. The Morgan fingerprint density at radius 1 is 0.811 bits per heavy atom. The number of allylic oxidation sites excluding steroid dienone is 1. The number of aliphatic hydroxyl groups is 9. The van der Waals surface area contributed by atoms with Gasteiger partial charge < -0.3 is 64.9 Å². The van der Waals surface area contributed by atoms with Crippen molar-refractivity contribution in [2.45, 2.75) is 166 Å². The van der Waals surface area contributed by atoms with Gasteiger partial charge in [0.05, 0.1) is 31.5 Å². The van der Waals surface area contributed by atoms with Crippen LogP contribution < -0.4 is 0 Å². The Bertz CT molecular complexity index is 1310. The van der Waals surface area contributed by atoms with Crippen LogP contribution in [0.1, 0.15) is 86.0 Å². The smallest absolute Gasteiger partial charge is 0.186 e. The Morgan fingerprint density at radius 3 is 1.96 bits per heavy atom. The molecule has 0 radical (unpaired) electrons. The van der Waals surface area contributed by atoms with Crippen LogP contribution in [0.15, 0.2) is 11.6 Å². The first-order chi connectivity index (χ1) is 25.0. The van der Waals surface area contributed by atoms with Crippen molar-refractivity contribution in [3.63, 3.8) is 0 Å². The molecule has 3 saturated carbocycles. The first-order valence-electron chi connectivity index (χ1n) is 19.8. The van der Waals surface area contributed by atoms with E-state index < -0.39 is 98.2 Å². The average molecular weight is 757 g/mol. The molecule has 20 unspecified atom stereocenters. The average Bonchev–Trinajstić information content (AvgIpc) is 3.43. The zero-order valence-corrected chi connectivity index (χ0v) is 31.7. The van der Waals surface area contributed by atoms with Gasteiger partial charge in [-0.2, -0.15) is 0 Å². The zero-order valence-electron chi connectivity index (χ0n) is 31.7. The number of ketones is 1.